The highest BCUT2D eigenvalue weighted by molar-refractivity contribution is 5.08. The molecular formula is C14H20N4. The Morgan fingerprint density at radius 2 is 2.22 bits per heavy atom. The van der Waals surface area contributed by atoms with Crippen LogP contribution in [-0.4, -0.2) is 21.3 Å². The van der Waals surface area contributed by atoms with Crippen LogP contribution in [0.15, 0.2) is 36.8 Å². The summed E-state index contributed by atoms with van der Waals surface area (Å²) in [6, 6.07) is 6.16. The van der Waals surface area contributed by atoms with E-state index in [0.29, 0.717) is 0 Å². The van der Waals surface area contributed by atoms with Crippen molar-refractivity contribution in [3.8, 4) is 0 Å². The minimum Gasteiger partial charge on any atom is -0.311 e. The van der Waals surface area contributed by atoms with Crippen LogP contribution in [-0.2, 0) is 19.5 Å². The van der Waals surface area contributed by atoms with E-state index in [9.17, 15) is 0 Å². The van der Waals surface area contributed by atoms with Gasteiger partial charge in [-0.25, -0.2) is 0 Å². The second-order valence-electron chi connectivity index (χ2n) is 4.33. The molecule has 0 aliphatic heterocycles. The van der Waals surface area contributed by atoms with Crippen LogP contribution < -0.4 is 5.32 Å². The highest BCUT2D eigenvalue weighted by Gasteiger charge is 2.00. The molecular weight excluding hydrogens is 224 g/mol. The van der Waals surface area contributed by atoms with Crippen molar-refractivity contribution in [1.82, 2.24) is 20.1 Å². The van der Waals surface area contributed by atoms with Crippen molar-refractivity contribution in [2.75, 3.05) is 6.54 Å². The molecule has 0 bridgehead atoms. The summed E-state index contributed by atoms with van der Waals surface area (Å²) >= 11 is 0. The van der Waals surface area contributed by atoms with Gasteiger partial charge < -0.3 is 5.32 Å². The number of hydrogen-bond donors (Lipinski definition) is 1. The Kier molecular flexibility index (Phi) is 4.90. The van der Waals surface area contributed by atoms with Gasteiger partial charge in [0, 0.05) is 31.7 Å². The van der Waals surface area contributed by atoms with Crippen LogP contribution in [0, 0.1) is 0 Å². The number of rotatable bonds is 7. The van der Waals surface area contributed by atoms with Gasteiger partial charge in [0.2, 0.25) is 0 Å². The third kappa shape index (κ3) is 3.67. The quantitative estimate of drug-likeness (QED) is 0.758. The molecule has 0 aliphatic rings. The number of hydrogen-bond acceptors (Lipinski definition) is 3. The van der Waals surface area contributed by atoms with Crippen molar-refractivity contribution in [3.63, 3.8) is 0 Å². The highest BCUT2D eigenvalue weighted by atomic mass is 15.3. The molecule has 2 aromatic rings. The SMILES string of the molecule is CCCn1nccc1CNCCc1cccnc1. The monoisotopic (exact) mass is 244 g/mol. The largest absolute Gasteiger partial charge is 0.311 e. The van der Waals surface area contributed by atoms with Crippen LogP contribution in [0.3, 0.4) is 0 Å². The van der Waals surface area contributed by atoms with E-state index in [1.165, 1.54) is 11.3 Å². The van der Waals surface area contributed by atoms with Gasteiger partial charge in [0.25, 0.3) is 0 Å². The van der Waals surface area contributed by atoms with E-state index in [0.717, 1.165) is 32.5 Å². The Balaban J connectivity index is 1.73. The zero-order valence-corrected chi connectivity index (χ0v) is 10.8. The number of nitrogens with zero attached hydrogens (tertiary/aromatic N) is 3. The first-order valence-electron chi connectivity index (χ1n) is 6.50. The molecule has 0 saturated heterocycles. The van der Waals surface area contributed by atoms with E-state index in [1.807, 2.05) is 18.5 Å². The molecule has 0 amide bonds. The third-order valence-electron chi connectivity index (χ3n) is 2.86. The van der Waals surface area contributed by atoms with Gasteiger partial charge in [-0.05, 0) is 37.1 Å². The average molecular weight is 244 g/mol. The van der Waals surface area contributed by atoms with Crippen molar-refractivity contribution in [2.24, 2.45) is 0 Å². The normalized spacial score (nSPS) is 10.7. The molecule has 0 saturated carbocycles. The maximum absolute atomic E-state index is 4.31. The predicted octanol–water partition coefficient (Wildman–Crippen LogP) is 2.02. The Hall–Kier alpha value is -1.68. The summed E-state index contributed by atoms with van der Waals surface area (Å²) in [5, 5.41) is 7.76. The molecule has 18 heavy (non-hydrogen) atoms. The molecule has 0 fully saturated rings. The Morgan fingerprint density at radius 1 is 1.28 bits per heavy atom. The summed E-state index contributed by atoms with van der Waals surface area (Å²) in [4.78, 5) is 4.11. The minimum atomic E-state index is 0.875. The molecule has 2 aromatic heterocycles. The summed E-state index contributed by atoms with van der Waals surface area (Å²) < 4.78 is 2.07. The highest BCUT2D eigenvalue weighted by Crippen LogP contribution is 2.00. The van der Waals surface area contributed by atoms with Gasteiger partial charge in [-0.2, -0.15) is 5.10 Å². The molecule has 0 aromatic carbocycles. The average Bonchev–Trinajstić information content (AvgIpc) is 2.84. The first-order valence-corrected chi connectivity index (χ1v) is 6.50. The second-order valence-corrected chi connectivity index (χ2v) is 4.33. The number of aryl methyl sites for hydroxylation is 1. The summed E-state index contributed by atoms with van der Waals surface area (Å²) in [6.07, 6.45) is 7.72. The van der Waals surface area contributed by atoms with Crippen LogP contribution in [0.4, 0.5) is 0 Å². The summed E-state index contributed by atoms with van der Waals surface area (Å²) in [5.41, 5.74) is 2.52. The first kappa shape index (κ1) is 12.8. The Morgan fingerprint density at radius 3 is 3.00 bits per heavy atom. The van der Waals surface area contributed by atoms with Crippen molar-refractivity contribution in [2.45, 2.75) is 32.9 Å². The van der Waals surface area contributed by atoms with E-state index >= 15 is 0 Å². The summed E-state index contributed by atoms with van der Waals surface area (Å²) in [5.74, 6) is 0. The van der Waals surface area contributed by atoms with Gasteiger partial charge in [-0.15, -0.1) is 0 Å². The lowest BCUT2D eigenvalue weighted by molar-refractivity contribution is 0.550. The number of pyridine rings is 1. The Labute approximate surface area is 108 Å². The van der Waals surface area contributed by atoms with E-state index in [1.54, 1.807) is 6.20 Å². The van der Waals surface area contributed by atoms with Gasteiger partial charge in [0.1, 0.15) is 0 Å². The first-order chi connectivity index (χ1) is 8.90. The standard InChI is InChI=1S/C14H20N4/c1-2-10-18-14(6-9-17-18)12-16-8-5-13-4-3-7-15-11-13/h3-4,6-7,9,11,16H,2,5,8,10,12H2,1H3. The molecule has 2 rings (SSSR count). The third-order valence-corrected chi connectivity index (χ3v) is 2.86. The molecule has 0 aliphatic carbocycles. The van der Waals surface area contributed by atoms with E-state index < -0.39 is 0 Å². The molecule has 0 radical (unpaired) electrons. The fourth-order valence-corrected chi connectivity index (χ4v) is 1.92. The van der Waals surface area contributed by atoms with Crippen molar-refractivity contribution < 1.29 is 0 Å². The summed E-state index contributed by atoms with van der Waals surface area (Å²) in [7, 11) is 0. The maximum Gasteiger partial charge on any atom is 0.0522 e. The van der Waals surface area contributed by atoms with Crippen LogP contribution in [0.2, 0.25) is 0 Å². The lowest BCUT2D eigenvalue weighted by Crippen LogP contribution is -2.19. The smallest absolute Gasteiger partial charge is 0.0522 e. The molecule has 0 unspecified atom stereocenters. The summed E-state index contributed by atoms with van der Waals surface area (Å²) in [6.45, 7) is 5.00. The molecule has 96 valence electrons. The van der Waals surface area contributed by atoms with Crippen molar-refractivity contribution in [1.29, 1.82) is 0 Å². The molecule has 4 heteroatoms. The van der Waals surface area contributed by atoms with E-state index in [4.69, 9.17) is 0 Å². The molecule has 0 spiro atoms. The fraction of sp³-hybridized carbons (Fsp3) is 0.429. The molecule has 2 heterocycles. The number of aromatic nitrogens is 3. The molecule has 0 atom stereocenters. The van der Waals surface area contributed by atoms with E-state index in [2.05, 4.69) is 39.1 Å². The fourth-order valence-electron chi connectivity index (χ4n) is 1.92. The van der Waals surface area contributed by atoms with Gasteiger partial charge in [-0.1, -0.05) is 13.0 Å². The molecule has 4 nitrogen and oxygen atoms in total. The van der Waals surface area contributed by atoms with Crippen LogP contribution in [0.5, 0.6) is 0 Å². The number of nitrogens with one attached hydrogen (secondary N) is 1. The predicted molar refractivity (Wildman–Crippen MR) is 72.2 cm³/mol. The lowest BCUT2D eigenvalue weighted by atomic mass is 10.2. The zero-order valence-electron chi connectivity index (χ0n) is 10.8. The minimum absolute atomic E-state index is 0.875. The van der Waals surface area contributed by atoms with Gasteiger partial charge >= 0.3 is 0 Å². The van der Waals surface area contributed by atoms with Crippen molar-refractivity contribution >= 4 is 0 Å². The lowest BCUT2D eigenvalue weighted by Gasteiger charge is -2.07. The van der Waals surface area contributed by atoms with Crippen LogP contribution in [0.1, 0.15) is 24.6 Å². The van der Waals surface area contributed by atoms with Crippen LogP contribution in [0.25, 0.3) is 0 Å². The second kappa shape index (κ2) is 6.91. The van der Waals surface area contributed by atoms with Gasteiger partial charge in [0.05, 0.1) is 5.69 Å². The molecule has 1 N–H and O–H groups in total. The Bertz CT molecular complexity index is 450. The zero-order chi connectivity index (χ0) is 12.6. The maximum atomic E-state index is 4.31. The van der Waals surface area contributed by atoms with Crippen LogP contribution >= 0.6 is 0 Å². The van der Waals surface area contributed by atoms with Crippen molar-refractivity contribution in [3.05, 3.63) is 48.0 Å². The topological polar surface area (TPSA) is 42.7 Å². The van der Waals surface area contributed by atoms with Gasteiger partial charge in [0.15, 0.2) is 0 Å². The van der Waals surface area contributed by atoms with Gasteiger partial charge in [-0.3, -0.25) is 9.67 Å². The van der Waals surface area contributed by atoms with E-state index in [-0.39, 0.29) is 0 Å².